The van der Waals surface area contributed by atoms with Gasteiger partial charge in [-0.15, -0.1) is 0 Å². The fraction of sp³-hybridized carbons (Fsp3) is 0.579. The molecule has 0 heterocycles. The molecular formula is C19H32N4OS. The van der Waals surface area contributed by atoms with Crippen molar-refractivity contribution in [2.75, 3.05) is 26.4 Å². The van der Waals surface area contributed by atoms with Crippen LogP contribution < -0.4 is 16.0 Å². The molecule has 0 aliphatic carbocycles. The summed E-state index contributed by atoms with van der Waals surface area (Å²) in [6.45, 7) is 8.73. The standard InChI is InChI=1S/C19H32N4OS/c1-6-7-12-21-17(24)16-10-8-15(9-11-16)13-22-18(20-4)23-14-19(2,3)25-5/h8-11H,6-7,12-14H2,1-5H3,(H,21,24)(H2,20,22,23). The second kappa shape index (κ2) is 11.0. The minimum atomic E-state index is -0.00951. The van der Waals surface area contributed by atoms with Gasteiger partial charge in [0.25, 0.3) is 5.91 Å². The molecular weight excluding hydrogens is 332 g/mol. The smallest absolute Gasteiger partial charge is 0.251 e. The van der Waals surface area contributed by atoms with E-state index in [1.165, 1.54) is 0 Å². The summed E-state index contributed by atoms with van der Waals surface area (Å²) in [7, 11) is 1.77. The Balaban J connectivity index is 2.47. The summed E-state index contributed by atoms with van der Waals surface area (Å²) in [5, 5.41) is 9.57. The summed E-state index contributed by atoms with van der Waals surface area (Å²) in [6, 6.07) is 7.68. The van der Waals surface area contributed by atoms with Crippen LogP contribution >= 0.6 is 11.8 Å². The van der Waals surface area contributed by atoms with Crippen LogP contribution in [0.1, 0.15) is 49.5 Å². The fourth-order valence-electron chi connectivity index (χ4n) is 2.03. The predicted octanol–water partition coefficient (Wildman–Crippen LogP) is 3.02. The van der Waals surface area contributed by atoms with Crippen LogP contribution in [-0.4, -0.2) is 43.0 Å². The van der Waals surface area contributed by atoms with Gasteiger partial charge in [-0.1, -0.05) is 25.5 Å². The van der Waals surface area contributed by atoms with Gasteiger partial charge in [0, 0.05) is 37.0 Å². The predicted molar refractivity (Wildman–Crippen MR) is 109 cm³/mol. The van der Waals surface area contributed by atoms with Crippen LogP contribution in [0, 0.1) is 0 Å². The Hall–Kier alpha value is -1.69. The maximum atomic E-state index is 12.0. The van der Waals surface area contributed by atoms with E-state index in [2.05, 4.69) is 48.0 Å². The Kier molecular flexibility index (Phi) is 9.42. The number of unbranched alkanes of at least 4 members (excludes halogenated alkanes) is 1. The zero-order chi connectivity index (χ0) is 18.7. The van der Waals surface area contributed by atoms with Gasteiger partial charge in [-0.05, 0) is 44.2 Å². The van der Waals surface area contributed by atoms with Crippen LogP contribution in [0.5, 0.6) is 0 Å². The van der Waals surface area contributed by atoms with Crippen LogP contribution in [-0.2, 0) is 6.54 Å². The van der Waals surface area contributed by atoms with Crippen LogP contribution in [0.2, 0.25) is 0 Å². The van der Waals surface area contributed by atoms with Gasteiger partial charge >= 0.3 is 0 Å². The summed E-state index contributed by atoms with van der Waals surface area (Å²) in [5.41, 5.74) is 1.81. The molecule has 0 bridgehead atoms. The Morgan fingerprint density at radius 2 is 1.84 bits per heavy atom. The highest BCUT2D eigenvalue weighted by Gasteiger charge is 2.16. The second-order valence-electron chi connectivity index (χ2n) is 6.55. The molecule has 0 spiro atoms. The van der Waals surface area contributed by atoms with Gasteiger partial charge < -0.3 is 16.0 Å². The number of amides is 1. The van der Waals surface area contributed by atoms with E-state index in [0.717, 1.165) is 37.5 Å². The first-order valence-corrected chi connectivity index (χ1v) is 10.0. The van der Waals surface area contributed by atoms with Gasteiger partial charge in [0.2, 0.25) is 0 Å². The zero-order valence-electron chi connectivity index (χ0n) is 16.1. The Morgan fingerprint density at radius 3 is 2.40 bits per heavy atom. The average Bonchev–Trinajstić information content (AvgIpc) is 2.62. The van der Waals surface area contributed by atoms with Gasteiger partial charge in [0.15, 0.2) is 5.96 Å². The molecule has 0 atom stereocenters. The van der Waals surface area contributed by atoms with Crippen molar-refractivity contribution in [3.63, 3.8) is 0 Å². The van der Waals surface area contributed by atoms with Crippen LogP contribution in [0.15, 0.2) is 29.3 Å². The summed E-state index contributed by atoms with van der Waals surface area (Å²) in [6.07, 6.45) is 4.19. The van der Waals surface area contributed by atoms with Gasteiger partial charge in [0.1, 0.15) is 0 Å². The number of guanidine groups is 1. The Morgan fingerprint density at radius 1 is 1.16 bits per heavy atom. The van der Waals surface area contributed by atoms with Gasteiger partial charge in [-0.25, -0.2) is 0 Å². The highest BCUT2D eigenvalue weighted by Crippen LogP contribution is 2.19. The van der Waals surface area contributed by atoms with Gasteiger partial charge in [-0.3, -0.25) is 9.79 Å². The average molecular weight is 365 g/mol. The maximum absolute atomic E-state index is 12.0. The van der Waals surface area contributed by atoms with Crippen molar-refractivity contribution < 1.29 is 4.79 Å². The number of carbonyl (C=O) groups excluding carboxylic acids is 1. The molecule has 0 unspecified atom stereocenters. The third-order valence-electron chi connectivity index (χ3n) is 3.95. The number of nitrogens with one attached hydrogen (secondary N) is 3. The van der Waals surface area contributed by atoms with Crippen molar-refractivity contribution in [3.8, 4) is 0 Å². The molecule has 0 saturated carbocycles. The first-order valence-electron chi connectivity index (χ1n) is 8.78. The fourth-order valence-corrected chi connectivity index (χ4v) is 2.25. The van der Waals surface area contributed by atoms with Crippen molar-refractivity contribution in [3.05, 3.63) is 35.4 Å². The molecule has 6 heteroatoms. The van der Waals surface area contributed by atoms with E-state index in [9.17, 15) is 4.79 Å². The van der Waals surface area contributed by atoms with E-state index in [0.29, 0.717) is 12.1 Å². The van der Waals surface area contributed by atoms with E-state index < -0.39 is 0 Å². The summed E-state index contributed by atoms with van der Waals surface area (Å²) in [4.78, 5) is 16.2. The molecule has 1 aromatic rings. The summed E-state index contributed by atoms with van der Waals surface area (Å²) >= 11 is 1.82. The largest absolute Gasteiger partial charge is 0.355 e. The number of thioether (sulfide) groups is 1. The highest BCUT2D eigenvalue weighted by atomic mass is 32.2. The molecule has 0 aliphatic rings. The van der Waals surface area contributed by atoms with Crippen molar-refractivity contribution in [2.45, 2.75) is 44.9 Å². The number of hydrogen-bond acceptors (Lipinski definition) is 3. The molecule has 25 heavy (non-hydrogen) atoms. The van der Waals surface area contributed by atoms with Crippen molar-refractivity contribution >= 4 is 23.6 Å². The molecule has 1 rings (SSSR count). The van der Waals surface area contributed by atoms with E-state index in [4.69, 9.17) is 0 Å². The number of rotatable bonds is 9. The molecule has 0 saturated heterocycles. The number of hydrogen-bond donors (Lipinski definition) is 3. The lowest BCUT2D eigenvalue weighted by molar-refractivity contribution is 0.0953. The molecule has 0 aliphatic heterocycles. The molecule has 1 aromatic carbocycles. The monoisotopic (exact) mass is 364 g/mol. The van der Waals surface area contributed by atoms with Crippen molar-refractivity contribution in [1.82, 2.24) is 16.0 Å². The van der Waals surface area contributed by atoms with Gasteiger partial charge in [0.05, 0.1) is 0 Å². The van der Waals surface area contributed by atoms with E-state index in [1.807, 2.05) is 36.0 Å². The zero-order valence-corrected chi connectivity index (χ0v) is 16.9. The first kappa shape index (κ1) is 21.4. The van der Waals surface area contributed by atoms with E-state index in [-0.39, 0.29) is 10.7 Å². The molecule has 3 N–H and O–H groups in total. The maximum Gasteiger partial charge on any atom is 0.251 e. The lowest BCUT2D eigenvalue weighted by atomic mass is 10.1. The lowest BCUT2D eigenvalue weighted by Crippen LogP contribution is -2.42. The molecule has 0 radical (unpaired) electrons. The number of carbonyl (C=O) groups is 1. The van der Waals surface area contributed by atoms with Crippen molar-refractivity contribution in [2.24, 2.45) is 4.99 Å². The summed E-state index contributed by atoms with van der Waals surface area (Å²) < 4.78 is 0.157. The summed E-state index contributed by atoms with van der Waals surface area (Å²) in [5.74, 6) is 0.772. The third-order valence-corrected chi connectivity index (χ3v) is 5.20. The minimum Gasteiger partial charge on any atom is -0.355 e. The molecule has 1 amide bonds. The molecule has 140 valence electrons. The van der Waals surface area contributed by atoms with Gasteiger partial charge in [-0.2, -0.15) is 11.8 Å². The molecule has 0 aromatic heterocycles. The van der Waals surface area contributed by atoms with Crippen LogP contribution in [0.3, 0.4) is 0 Å². The number of benzene rings is 1. The Labute approximate surface area is 156 Å². The SMILES string of the molecule is CCCCNC(=O)c1ccc(CNC(=NC)NCC(C)(C)SC)cc1. The van der Waals surface area contributed by atoms with Crippen molar-refractivity contribution in [1.29, 1.82) is 0 Å². The minimum absolute atomic E-state index is 0.00951. The first-order chi connectivity index (χ1) is 11.9. The second-order valence-corrected chi connectivity index (χ2v) is 8.06. The van der Waals surface area contributed by atoms with Crippen LogP contribution in [0.25, 0.3) is 0 Å². The number of aliphatic imine (C=N–C) groups is 1. The number of nitrogens with zero attached hydrogens (tertiary/aromatic N) is 1. The quantitative estimate of drug-likeness (QED) is 0.358. The lowest BCUT2D eigenvalue weighted by Gasteiger charge is -2.23. The Bertz CT molecular complexity index is 555. The van der Waals surface area contributed by atoms with E-state index >= 15 is 0 Å². The topological polar surface area (TPSA) is 65.5 Å². The highest BCUT2D eigenvalue weighted by molar-refractivity contribution is 7.99. The van der Waals surface area contributed by atoms with E-state index in [1.54, 1.807) is 7.05 Å². The molecule has 0 fully saturated rings. The normalized spacial score (nSPS) is 12.0. The van der Waals surface area contributed by atoms with Crippen LogP contribution in [0.4, 0.5) is 0 Å². The third kappa shape index (κ3) is 8.29. The molecule has 5 nitrogen and oxygen atoms in total.